The first-order valence-electron chi connectivity index (χ1n) is 3.26. The SMILES string of the molecule is CCO/C(C)=N\OC(=O)NC. The van der Waals surface area contributed by atoms with Crippen LogP contribution in [0, 0.1) is 0 Å². The van der Waals surface area contributed by atoms with Crippen LogP contribution < -0.4 is 5.32 Å². The molecule has 5 nitrogen and oxygen atoms in total. The molecule has 0 fully saturated rings. The van der Waals surface area contributed by atoms with Crippen LogP contribution in [0.3, 0.4) is 0 Å². The number of oxime groups is 1. The first-order chi connectivity index (χ1) is 5.20. The number of hydrogen-bond donors (Lipinski definition) is 1. The van der Waals surface area contributed by atoms with Gasteiger partial charge < -0.3 is 10.1 Å². The monoisotopic (exact) mass is 160 g/mol. The lowest BCUT2D eigenvalue weighted by atomic mass is 10.7. The number of amides is 1. The fourth-order valence-corrected chi connectivity index (χ4v) is 0.387. The molecule has 0 bridgehead atoms. The van der Waals surface area contributed by atoms with Crippen LogP contribution in [0.4, 0.5) is 4.79 Å². The lowest BCUT2D eigenvalue weighted by Gasteiger charge is -1.99. The number of ether oxygens (including phenoxy) is 1. The van der Waals surface area contributed by atoms with Crippen LogP contribution in [-0.2, 0) is 9.57 Å². The van der Waals surface area contributed by atoms with Gasteiger partial charge in [0.05, 0.1) is 6.61 Å². The molecule has 0 rings (SSSR count). The molecule has 0 saturated carbocycles. The highest BCUT2D eigenvalue weighted by Crippen LogP contribution is 1.84. The molecule has 0 aromatic heterocycles. The second kappa shape index (κ2) is 5.52. The molecule has 0 atom stereocenters. The number of rotatable bonds is 2. The topological polar surface area (TPSA) is 59.9 Å². The van der Waals surface area contributed by atoms with E-state index >= 15 is 0 Å². The van der Waals surface area contributed by atoms with E-state index in [-0.39, 0.29) is 0 Å². The summed E-state index contributed by atoms with van der Waals surface area (Å²) in [4.78, 5) is 14.7. The van der Waals surface area contributed by atoms with Crippen LogP contribution >= 0.6 is 0 Å². The summed E-state index contributed by atoms with van der Waals surface area (Å²) in [5.74, 6) is 0.330. The highest BCUT2D eigenvalue weighted by molar-refractivity contribution is 5.74. The summed E-state index contributed by atoms with van der Waals surface area (Å²) in [6.45, 7) is 3.93. The van der Waals surface area contributed by atoms with E-state index in [1.54, 1.807) is 6.92 Å². The van der Waals surface area contributed by atoms with Crippen molar-refractivity contribution in [3.8, 4) is 0 Å². The normalized spacial score (nSPS) is 10.6. The summed E-state index contributed by atoms with van der Waals surface area (Å²) in [7, 11) is 1.45. The van der Waals surface area contributed by atoms with Crippen LogP contribution in [0.15, 0.2) is 5.16 Å². The molecule has 0 aliphatic carbocycles. The second-order valence-electron chi connectivity index (χ2n) is 1.67. The van der Waals surface area contributed by atoms with Crippen molar-refractivity contribution in [2.45, 2.75) is 13.8 Å². The van der Waals surface area contributed by atoms with E-state index in [2.05, 4.69) is 15.3 Å². The van der Waals surface area contributed by atoms with Crippen LogP contribution in [0.1, 0.15) is 13.8 Å². The van der Waals surface area contributed by atoms with E-state index in [9.17, 15) is 4.79 Å². The van der Waals surface area contributed by atoms with E-state index in [1.165, 1.54) is 7.05 Å². The number of carbonyl (C=O) groups is 1. The fraction of sp³-hybridized carbons (Fsp3) is 0.667. The molecule has 0 aliphatic rings. The highest BCUT2D eigenvalue weighted by Gasteiger charge is 1.95. The minimum atomic E-state index is -0.607. The molecular formula is C6H12N2O3. The minimum Gasteiger partial charge on any atom is -0.479 e. The third-order valence-corrected chi connectivity index (χ3v) is 0.814. The summed E-state index contributed by atoms with van der Waals surface area (Å²) in [5.41, 5.74) is 0. The molecule has 0 radical (unpaired) electrons. The van der Waals surface area contributed by atoms with Crippen LogP contribution in [0.25, 0.3) is 0 Å². The standard InChI is InChI=1S/C6H12N2O3/c1-4-10-5(2)8-11-6(9)7-3/h4H2,1-3H3,(H,7,9)/b8-5-. The summed E-state index contributed by atoms with van der Waals surface area (Å²) in [6, 6.07) is 0. The zero-order chi connectivity index (χ0) is 8.69. The maximum atomic E-state index is 10.4. The molecule has 5 heteroatoms. The van der Waals surface area contributed by atoms with Gasteiger partial charge in [0.15, 0.2) is 0 Å². The summed E-state index contributed by atoms with van der Waals surface area (Å²) < 4.78 is 4.88. The van der Waals surface area contributed by atoms with Crippen molar-refractivity contribution in [1.29, 1.82) is 0 Å². The number of nitrogens with zero attached hydrogens (tertiary/aromatic N) is 1. The number of hydrogen-bond acceptors (Lipinski definition) is 4. The lowest BCUT2D eigenvalue weighted by molar-refractivity contribution is 0.147. The second-order valence-corrected chi connectivity index (χ2v) is 1.67. The summed E-state index contributed by atoms with van der Waals surface area (Å²) in [6.07, 6.45) is -0.607. The van der Waals surface area contributed by atoms with Crippen molar-refractivity contribution in [2.24, 2.45) is 5.16 Å². The van der Waals surface area contributed by atoms with Crippen molar-refractivity contribution < 1.29 is 14.4 Å². The Labute approximate surface area is 65.4 Å². The fourth-order valence-electron chi connectivity index (χ4n) is 0.387. The van der Waals surface area contributed by atoms with Crippen molar-refractivity contribution in [3.63, 3.8) is 0 Å². The lowest BCUT2D eigenvalue weighted by Crippen LogP contribution is -2.17. The first kappa shape index (κ1) is 9.74. The quantitative estimate of drug-likeness (QED) is 0.280. The molecule has 1 amide bonds. The number of carbonyl (C=O) groups excluding carboxylic acids is 1. The molecule has 0 saturated heterocycles. The Balaban J connectivity index is 3.63. The summed E-state index contributed by atoms with van der Waals surface area (Å²) >= 11 is 0. The molecular weight excluding hydrogens is 148 g/mol. The molecule has 1 N–H and O–H groups in total. The molecule has 0 heterocycles. The summed E-state index contributed by atoms with van der Waals surface area (Å²) in [5, 5.41) is 5.61. The molecule has 11 heavy (non-hydrogen) atoms. The van der Waals surface area contributed by atoms with Crippen molar-refractivity contribution >= 4 is 12.0 Å². The maximum absolute atomic E-state index is 10.4. The molecule has 64 valence electrons. The largest absolute Gasteiger partial charge is 0.479 e. The average molecular weight is 160 g/mol. The highest BCUT2D eigenvalue weighted by atomic mass is 16.7. The van der Waals surface area contributed by atoms with Gasteiger partial charge in [-0.05, 0) is 12.1 Å². The van der Waals surface area contributed by atoms with Gasteiger partial charge in [-0.15, -0.1) is 0 Å². The molecule has 0 aliphatic heterocycles. The van der Waals surface area contributed by atoms with Gasteiger partial charge in [-0.3, -0.25) is 4.84 Å². The Hall–Kier alpha value is -1.26. The predicted molar refractivity (Wildman–Crippen MR) is 40.3 cm³/mol. The van der Waals surface area contributed by atoms with Gasteiger partial charge in [-0.25, -0.2) is 4.79 Å². The Kier molecular flexibility index (Phi) is 4.89. The van der Waals surface area contributed by atoms with E-state index in [0.717, 1.165) is 0 Å². The Morgan fingerprint density at radius 1 is 1.64 bits per heavy atom. The van der Waals surface area contributed by atoms with Crippen LogP contribution in [0.2, 0.25) is 0 Å². The van der Waals surface area contributed by atoms with Gasteiger partial charge >= 0.3 is 6.09 Å². The maximum Gasteiger partial charge on any atom is 0.433 e. The van der Waals surface area contributed by atoms with Crippen molar-refractivity contribution in [2.75, 3.05) is 13.7 Å². The van der Waals surface area contributed by atoms with E-state index in [1.807, 2.05) is 6.92 Å². The first-order valence-corrected chi connectivity index (χ1v) is 3.26. The molecule has 0 aromatic carbocycles. The van der Waals surface area contributed by atoms with Gasteiger partial charge in [0.2, 0.25) is 5.90 Å². The van der Waals surface area contributed by atoms with E-state index in [0.29, 0.717) is 12.5 Å². The predicted octanol–water partition coefficient (Wildman–Crippen LogP) is 0.712. The Morgan fingerprint density at radius 2 is 2.27 bits per heavy atom. The third-order valence-electron chi connectivity index (χ3n) is 0.814. The molecule has 0 spiro atoms. The molecule has 0 aromatic rings. The molecule has 0 unspecified atom stereocenters. The van der Waals surface area contributed by atoms with Crippen molar-refractivity contribution in [3.05, 3.63) is 0 Å². The van der Waals surface area contributed by atoms with Gasteiger partial charge in [0.25, 0.3) is 0 Å². The zero-order valence-corrected chi connectivity index (χ0v) is 6.88. The third kappa shape index (κ3) is 5.20. The zero-order valence-electron chi connectivity index (χ0n) is 6.88. The Morgan fingerprint density at radius 3 is 2.73 bits per heavy atom. The van der Waals surface area contributed by atoms with E-state index < -0.39 is 6.09 Å². The number of nitrogens with one attached hydrogen (secondary N) is 1. The average Bonchev–Trinajstić information content (AvgIpc) is 2.01. The minimum absolute atomic E-state index is 0.330. The van der Waals surface area contributed by atoms with Gasteiger partial charge in [0, 0.05) is 14.0 Å². The van der Waals surface area contributed by atoms with Crippen LogP contribution in [-0.4, -0.2) is 25.6 Å². The van der Waals surface area contributed by atoms with Gasteiger partial charge in [0.1, 0.15) is 0 Å². The van der Waals surface area contributed by atoms with Crippen LogP contribution in [0.5, 0.6) is 0 Å². The van der Waals surface area contributed by atoms with Gasteiger partial charge in [-0.2, -0.15) is 0 Å². The van der Waals surface area contributed by atoms with Crippen molar-refractivity contribution in [1.82, 2.24) is 5.32 Å². The van der Waals surface area contributed by atoms with Gasteiger partial charge in [-0.1, -0.05) is 0 Å². The van der Waals surface area contributed by atoms with E-state index in [4.69, 9.17) is 4.74 Å². The Bertz CT molecular complexity index is 156. The smallest absolute Gasteiger partial charge is 0.433 e.